The van der Waals surface area contributed by atoms with Gasteiger partial charge in [0.25, 0.3) is 13.7 Å². The molecule has 0 spiro atoms. The molecule has 0 saturated heterocycles. The summed E-state index contributed by atoms with van der Waals surface area (Å²) in [5.41, 5.74) is 7.85. The van der Waals surface area contributed by atoms with Gasteiger partial charge in [-0.3, -0.25) is 0 Å². The van der Waals surface area contributed by atoms with Crippen molar-refractivity contribution in [3.63, 3.8) is 0 Å². The van der Waals surface area contributed by atoms with Crippen LogP contribution in [0.15, 0.2) is 12.1 Å². The quantitative estimate of drug-likeness (QED) is 0.303. The third-order valence-corrected chi connectivity index (χ3v) is 8.35. The summed E-state index contributed by atoms with van der Waals surface area (Å²) in [4.78, 5) is 0. The molecule has 0 aliphatic rings. The fourth-order valence-corrected chi connectivity index (χ4v) is 6.60. The van der Waals surface area contributed by atoms with E-state index in [1.54, 1.807) is 0 Å². The molecular formula is C30H44Cl4O2P2. The monoisotopic (exact) mass is 638 g/mol. The molecule has 0 radical (unpaired) electrons. The van der Waals surface area contributed by atoms with Crippen molar-refractivity contribution in [2.45, 2.75) is 119 Å². The van der Waals surface area contributed by atoms with Gasteiger partial charge in [0.15, 0.2) is 0 Å². The molecule has 0 N–H and O–H groups in total. The fourth-order valence-electron chi connectivity index (χ4n) is 5.12. The summed E-state index contributed by atoms with van der Waals surface area (Å²) in [5.74, 6) is 1.37. The molecule has 214 valence electrons. The Morgan fingerprint density at radius 2 is 0.711 bits per heavy atom. The van der Waals surface area contributed by atoms with Crippen molar-refractivity contribution in [3.05, 3.63) is 45.5 Å². The van der Waals surface area contributed by atoms with Gasteiger partial charge in [-0.2, -0.15) is 0 Å². The predicted octanol–water partition coefficient (Wildman–Crippen LogP) is 13.3. The van der Waals surface area contributed by atoms with Crippen LogP contribution in [-0.4, -0.2) is 0 Å². The van der Waals surface area contributed by atoms with Crippen LogP contribution in [0.25, 0.3) is 11.1 Å². The first-order valence-electron chi connectivity index (χ1n) is 12.9. The van der Waals surface area contributed by atoms with Crippen LogP contribution in [0.3, 0.4) is 0 Å². The van der Waals surface area contributed by atoms with Crippen molar-refractivity contribution in [1.82, 2.24) is 0 Å². The van der Waals surface area contributed by atoms with E-state index >= 15 is 0 Å². The highest BCUT2D eigenvalue weighted by Crippen LogP contribution is 2.59. The third kappa shape index (κ3) is 7.66. The highest BCUT2D eigenvalue weighted by molar-refractivity contribution is 8.01. The molecule has 8 heteroatoms. The number of hydrogen-bond acceptors (Lipinski definition) is 2. The van der Waals surface area contributed by atoms with Gasteiger partial charge < -0.3 is 9.05 Å². The van der Waals surface area contributed by atoms with E-state index in [-0.39, 0.29) is 21.7 Å². The minimum absolute atomic E-state index is 0.126. The smallest absolute Gasteiger partial charge is 0.284 e. The Morgan fingerprint density at radius 3 is 0.895 bits per heavy atom. The first-order chi connectivity index (χ1) is 16.9. The highest BCUT2D eigenvalue weighted by Gasteiger charge is 2.36. The number of halogens is 4. The van der Waals surface area contributed by atoms with Crippen LogP contribution in [0.2, 0.25) is 0 Å². The normalized spacial score (nSPS) is 13.5. The maximum absolute atomic E-state index is 6.39. The van der Waals surface area contributed by atoms with Crippen molar-refractivity contribution in [1.29, 1.82) is 0 Å². The SMILES string of the molecule is Cc1c(C(C)(C)C)cc(C(C)(C)C)c(OP(Cl)Cl)c1-c1c(C)c(C(C)(C)C)cc(C(C)(C)C)c1OP(Cl)Cl. The van der Waals surface area contributed by atoms with E-state index in [0.717, 1.165) is 33.4 Å². The second kappa shape index (κ2) is 11.7. The zero-order chi connectivity index (χ0) is 29.8. The van der Waals surface area contributed by atoms with E-state index in [2.05, 4.69) is 109 Å². The molecule has 0 aliphatic carbocycles. The highest BCUT2D eigenvalue weighted by atomic mass is 35.9. The first kappa shape index (κ1) is 34.3. The van der Waals surface area contributed by atoms with Gasteiger partial charge in [-0.25, -0.2) is 0 Å². The molecule has 2 rings (SSSR count). The van der Waals surface area contributed by atoms with E-state index in [1.165, 1.54) is 11.1 Å². The molecule has 0 unspecified atom stereocenters. The van der Waals surface area contributed by atoms with Gasteiger partial charge in [0.05, 0.1) is 0 Å². The van der Waals surface area contributed by atoms with Crippen molar-refractivity contribution >= 4 is 58.7 Å². The molecule has 0 bridgehead atoms. The third-order valence-electron chi connectivity index (χ3n) is 6.88. The van der Waals surface area contributed by atoms with Crippen LogP contribution >= 0.6 is 58.7 Å². The van der Waals surface area contributed by atoms with Crippen molar-refractivity contribution in [3.8, 4) is 22.6 Å². The van der Waals surface area contributed by atoms with Gasteiger partial charge in [0, 0.05) is 22.3 Å². The molecule has 38 heavy (non-hydrogen) atoms. The van der Waals surface area contributed by atoms with Gasteiger partial charge in [-0.15, -0.1) is 0 Å². The topological polar surface area (TPSA) is 18.5 Å². The zero-order valence-electron chi connectivity index (χ0n) is 25.4. The number of benzene rings is 2. The molecule has 0 saturated carbocycles. The van der Waals surface area contributed by atoms with E-state index in [4.69, 9.17) is 54.0 Å². The molecule has 0 amide bonds. The summed E-state index contributed by atoms with van der Waals surface area (Å²) in [6.07, 6.45) is 0. The van der Waals surface area contributed by atoms with Gasteiger partial charge >= 0.3 is 0 Å². The zero-order valence-corrected chi connectivity index (χ0v) is 30.2. The average molecular weight is 640 g/mol. The maximum atomic E-state index is 6.39. The summed E-state index contributed by atoms with van der Waals surface area (Å²) in [6, 6.07) is 4.51. The Bertz CT molecular complexity index is 1090. The van der Waals surface area contributed by atoms with Gasteiger partial charge in [-0.05, 0) is 103 Å². The molecule has 2 aromatic rings. The Hall–Kier alpha value is 0.0600. The van der Waals surface area contributed by atoms with Crippen LogP contribution in [-0.2, 0) is 21.7 Å². The summed E-state index contributed by atoms with van der Waals surface area (Å²) in [7, 11) is 0. The maximum Gasteiger partial charge on any atom is 0.284 e. The molecule has 0 fully saturated rings. The number of hydrogen-bond donors (Lipinski definition) is 0. The average Bonchev–Trinajstić information content (AvgIpc) is 2.64. The summed E-state index contributed by atoms with van der Waals surface area (Å²) < 4.78 is 12.7. The Labute approximate surface area is 253 Å². The van der Waals surface area contributed by atoms with Gasteiger partial charge in [0.1, 0.15) is 11.5 Å². The lowest BCUT2D eigenvalue weighted by Gasteiger charge is -2.35. The van der Waals surface area contributed by atoms with Crippen LogP contribution in [0.4, 0.5) is 0 Å². The summed E-state index contributed by atoms with van der Waals surface area (Å²) in [6.45, 7) is 27.3. The lowest BCUT2D eigenvalue weighted by Crippen LogP contribution is -2.22. The van der Waals surface area contributed by atoms with Crippen molar-refractivity contribution in [2.24, 2.45) is 0 Å². The molecule has 2 nitrogen and oxygen atoms in total. The summed E-state index contributed by atoms with van der Waals surface area (Å²) in [5, 5.41) is 0. The molecule has 2 aromatic carbocycles. The van der Waals surface area contributed by atoms with Crippen molar-refractivity contribution in [2.75, 3.05) is 0 Å². The standard InChI is InChI=1S/C30H44Cl4O2P2/c1-17-19(27(3,4)5)15-21(29(9,10)11)25(35-37(31)32)23(17)24-18(2)20(28(6,7)8)16-22(30(12,13)14)26(24)36-38(33)34/h15-16H,1-14H3. The summed E-state index contributed by atoms with van der Waals surface area (Å²) >= 11 is 25.5. The molecule has 0 heterocycles. The van der Waals surface area contributed by atoms with E-state index in [9.17, 15) is 0 Å². The largest absolute Gasteiger partial charge is 0.444 e. The van der Waals surface area contributed by atoms with Crippen LogP contribution < -0.4 is 9.05 Å². The van der Waals surface area contributed by atoms with E-state index < -0.39 is 13.7 Å². The Balaban J connectivity index is 3.43. The molecular weight excluding hydrogens is 596 g/mol. The van der Waals surface area contributed by atoms with Crippen LogP contribution in [0.1, 0.15) is 116 Å². The van der Waals surface area contributed by atoms with Gasteiger partial charge in [-0.1, -0.05) is 95.2 Å². The first-order valence-corrected chi connectivity index (χ1v) is 19.0. The van der Waals surface area contributed by atoms with E-state index in [0.29, 0.717) is 11.5 Å². The minimum Gasteiger partial charge on any atom is -0.444 e. The lowest BCUT2D eigenvalue weighted by molar-refractivity contribution is 0.526. The van der Waals surface area contributed by atoms with E-state index in [1.807, 2.05) is 0 Å². The second-order valence-electron chi connectivity index (χ2n) is 14.2. The van der Waals surface area contributed by atoms with Gasteiger partial charge in [0.2, 0.25) is 0 Å². The predicted molar refractivity (Wildman–Crippen MR) is 175 cm³/mol. The van der Waals surface area contributed by atoms with Crippen molar-refractivity contribution < 1.29 is 9.05 Å². The van der Waals surface area contributed by atoms with Crippen LogP contribution in [0.5, 0.6) is 11.5 Å². The second-order valence-corrected chi connectivity index (χ2v) is 20.1. The minimum atomic E-state index is -1.74. The van der Waals surface area contributed by atoms with Crippen LogP contribution in [0, 0.1) is 13.8 Å². The Kier molecular flexibility index (Phi) is 10.6. The fraction of sp³-hybridized carbons (Fsp3) is 0.600. The Morgan fingerprint density at radius 1 is 0.474 bits per heavy atom. The molecule has 0 aliphatic heterocycles. The lowest BCUT2D eigenvalue weighted by atomic mass is 9.72. The number of rotatable bonds is 5. The molecule has 0 aromatic heterocycles. The molecule has 0 atom stereocenters.